The topological polar surface area (TPSA) is 57.5 Å². The fourth-order valence-electron chi connectivity index (χ4n) is 1.52. The van der Waals surface area contributed by atoms with Gasteiger partial charge in [0.2, 0.25) is 0 Å². The van der Waals surface area contributed by atoms with Gasteiger partial charge in [-0.25, -0.2) is 4.79 Å². The van der Waals surface area contributed by atoms with Gasteiger partial charge in [-0.1, -0.05) is 0 Å². The Morgan fingerprint density at radius 2 is 2.33 bits per heavy atom. The van der Waals surface area contributed by atoms with E-state index < -0.39 is 10.8 Å². The Labute approximate surface area is 74.0 Å². The monoisotopic (exact) mass is 186 g/mol. The normalized spacial score (nSPS) is 37.9. The van der Waals surface area contributed by atoms with Gasteiger partial charge >= 0.3 is 5.97 Å². The summed E-state index contributed by atoms with van der Waals surface area (Å²) in [5, 5.41) is 18.0. The minimum Gasteiger partial charge on any atom is -0.510 e. The average molecular weight is 187 g/mol. The first-order chi connectivity index (χ1) is 5.55. The molecule has 0 heterocycles. The van der Waals surface area contributed by atoms with Crippen LogP contribution in [0.1, 0.15) is 6.42 Å². The zero-order valence-electron chi connectivity index (χ0n) is 6.12. The summed E-state index contributed by atoms with van der Waals surface area (Å²) in [5.41, 5.74) is 0.294. The van der Waals surface area contributed by atoms with Crippen molar-refractivity contribution in [1.82, 2.24) is 0 Å². The number of allylic oxidation sites excluding steroid dienone is 3. The maximum atomic E-state index is 10.6. The number of carboxylic acids is 1. The Bertz CT molecular complexity index is 318. The van der Waals surface area contributed by atoms with Crippen molar-refractivity contribution < 1.29 is 15.0 Å². The standard InChI is InChI=1S/C8H7ClO3/c9-8-3-5(8)4(7(11)12)1-2-6(8)10/h1-2,5,10H,3H2,(H,11,12). The smallest absolute Gasteiger partial charge is 0.331 e. The van der Waals surface area contributed by atoms with E-state index in [0.29, 0.717) is 12.0 Å². The predicted molar refractivity (Wildman–Crippen MR) is 43.1 cm³/mol. The Morgan fingerprint density at radius 1 is 1.67 bits per heavy atom. The van der Waals surface area contributed by atoms with Crippen molar-refractivity contribution >= 4 is 17.6 Å². The van der Waals surface area contributed by atoms with E-state index >= 15 is 0 Å². The quantitative estimate of drug-likeness (QED) is 0.610. The third-order valence-electron chi connectivity index (χ3n) is 2.36. The van der Waals surface area contributed by atoms with Crippen molar-refractivity contribution in [2.45, 2.75) is 11.3 Å². The molecule has 0 aromatic rings. The van der Waals surface area contributed by atoms with Crippen LogP contribution in [0.2, 0.25) is 0 Å². The van der Waals surface area contributed by atoms with Gasteiger partial charge in [0.05, 0.1) is 0 Å². The van der Waals surface area contributed by atoms with Crippen molar-refractivity contribution in [3.05, 3.63) is 23.5 Å². The van der Waals surface area contributed by atoms with Gasteiger partial charge in [0.25, 0.3) is 0 Å². The third kappa shape index (κ3) is 0.799. The number of alkyl halides is 1. The highest BCUT2D eigenvalue weighted by atomic mass is 35.5. The van der Waals surface area contributed by atoms with E-state index in [1.54, 1.807) is 0 Å². The van der Waals surface area contributed by atoms with E-state index in [-0.39, 0.29) is 11.7 Å². The summed E-state index contributed by atoms with van der Waals surface area (Å²) < 4.78 is 0. The number of rotatable bonds is 1. The molecule has 0 spiro atoms. The number of fused-ring (bicyclic) bond motifs is 1. The molecule has 0 aromatic heterocycles. The largest absolute Gasteiger partial charge is 0.510 e. The molecule has 0 radical (unpaired) electrons. The molecule has 2 aliphatic rings. The molecular weight excluding hydrogens is 180 g/mol. The molecule has 0 bridgehead atoms. The van der Waals surface area contributed by atoms with Crippen LogP contribution in [0, 0.1) is 5.92 Å². The summed E-state index contributed by atoms with van der Waals surface area (Å²) in [6.07, 6.45) is 3.30. The number of hydrogen-bond acceptors (Lipinski definition) is 2. The van der Waals surface area contributed by atoms with Crippen LogP contribution in [-0.4, -0.2) is 21.1 Å². The lowest BCUT2D eigenvalue weighted by Gasteiger charge is -2.12. The van der Waals surface area contributed by atoms with E-state index in [2.05, 4.69) is 0 Å². The summed E-state index contributed by atoms with van der Waals surface area (Å²) in [6, 6.07) is 0. The molecule has 2 aliphatic carbocycles. The van der Waals surface area contributed by atoms with E-state index in [1.165, 1.54) is 12.2 Å². The lowest BCUT2D eigenvalue weighted by Crippen LogP contribution is -2.15. The van der Waals surface area contributed by atoms with Crippen LogP contribution in [0.3, 0.4) is 0 Å². The number of hydrogen-bond donors (Lipinski definition) is 2. The molecule has 12 heavy (non-hydrogen) atoms. The minimum absolute atomic E-state index is 0.0826. The van der Waals surface area contributed by atoms with Gasteiger partial charge in [-0.2, -0.15) is 0 Å². The predicted octanol–water partition coefficient (Wildman–Crippen LogP) is 1.45. The highest BCUT2D eigenvalue weighted by molar-refractivity contribution is 6.29. The number of aliphatic hydroxyl groups excluding tert-OH is 1. The molecule has 0 amide bonds. The number of halogens is 1. The molecule has 64 valence electrons. The van der Waals surface area contributed by atoms with Crippen LogP contribution in [0.25, 0.3) is 0 Å². The van der Waals surface area contributed by atoms with Crippen molar-refractivity contribution in [3.8, 4) is 0 Å². The zero-order valence-corrected chi connectivity index (χ0v) is 6.88. The molecule has 0 aliphatic heterocycles. The lowest BCUT2D eigenvalue weighted by molar-refractivity contribution is -0.133. The Hall–Kier alpha value is -0.960. The summed E-state index contributed by atoms with van der Waals surface area (Å²) in [7, 11) is 0. The molecule has 2 unspecified atom stereocenters. The molecule has 2 rings (SSSR count). The van der Waals surface area contributed by atoms with Crippen molar-refractivity contribution in [3.63, 3.8) is 0 Å². The van der Waals surface area contributed by atoms with Crippen molar-refractivity contribution in [1.29, 1.82) is 0 Å². The van der Waals surface area contributed by atoms with Crippen LogP contribution < -0.4 is 0 Å². The van der Waals surface area contributed by atoms with E-state index in [4.69, 9.17) is 16.7 Å². The first-order valence-corrected chi connectivity index (χ1v) is 3.97. The Balaban J connectivity index is 2.38. The highest BCUT2D eigenvalue weighted by Crippen LogP contribution is 2.59. The van der Waals surface area contributed by atoms with Gasteiger partial charge < -0.3 is 10.2 Å². The highest BCUT2D eigenvalue weighted by Gasteiger charge is 2.60. The van der Waals surface area contributed by atoms with E-state index in [0.717, 1.165) is 0 Å². The molecule has 3 nitrogen and oxygen atoms in total. The van der Waals surface area contributed by atoms with Crippen molar-refractivity contribution in [2.75, 3.05) is 0 Å². The molecule has 2 atom stereocenters. The molecule has 1 fully saturated rings. The SMILES string of the molecule is O=C(O)C1=CC=C(O)C2(Cl)CC12. The summed E-state index contributed by atoms with van der Waals surface area (Å²) >= 11 is 5.91. The number of aliphatic hydroxyl groups is 1. The van der Waals surface area contributed by atoms with Gasteiger partial charge in [0.1, 0.15) is 10.6 Å². The zero-order chi connectivity index (χ0) is 8.93. The number of carbonyl (C=O) groups is 1. The molecular formula is C8H7ClO3. The fraction of sp³-hybridized carbons (Fsp3) is 0.375. The maximum absolute atomic E-state index is 10.6. The Morgan fingerprint density at radius 3 is 2.92 bits per heavy atom. The Kier molecular flexibility index (Phi) is 1.31. The molecule has 4 heteroatoms. The van der Waals surface area contributed by atoms with Crippen molar-refractivity contribution in [2.24, 2.45) is 5.92 Å². The van der Waals surface area contributed by atoms with Crippen LogP contribution in [0.5, 0.6) is 0 Å². The first-order valence-electron chi connectivity index (χ1n) is 3.59. The summed E-state index contributed by atoms with van der Waals surface area (Å²) in [6.45, 7) is 0. The van der Waals surface area contributed by atoms with Crippen LogP contribution in [0.4, 0.5) is 0 Å². The van der Waals surface area contributed by atoms with Gasteiger partial charge in [0, 0.05) is 11.5 Å². The second-order valence-corrected chi connectivity index (χ2v) is 3.77. The van der Waals surface area contributed by atoms with Crippen LogP contribution in [-0.2, 0) is 4.79 Å². The van der Waals surface area contributed by atoms with Gasteiger partial charge in [-0.3, -0.25) is 0 Å². The molecule has 2 N–H and O–H groups in total. The second-order valence-electron chi connectivity index (χ2n) is 3.10. The number of aliphatic carboxylic acids is 1. The average Bonchev–Trinajstić information content (AvgIpc) is 2.64. The summed E-state index contributed by atoms with van der Waals surface area (Å²) in [5.74, 6) is -1.08. The fourth-order valence-corrected chi connectivity index (χ4v) is 1.86. The second kappa shape index (κ2) is 2.04. The molecule has 1 saturated carbocycles. The lowest BCUT2D eigenvalue weighted by atomic mass is 10.0. The van der Waals surface area contributed by atoms with E-state index in [9.17, 15) is 9.90 Å². The maximum Gasteiger partial charge on any atom is 0.331 e. The van der Waals surface area contributed by atoms with Crippen LogP contribution in [0.15, 0.2) is 23.5 Å². The van der Waals surface area contributed by atoms with Gasteiger partial charge in [-0.05, 0) is 18.6 Å². The first kappa shape index (κ1) is 7.68. The van der Waals surface area contributed by atoms with Gasteiger partial charge in [0.15, 0.2) is 0 Å². The third-order valence-corrected chi connectivity index (χ3v) is 2.97. The van der Waals surface area contributed by atoms with Gasteiger partial charge in [-0.15, -0.1) is 11.6 Å². The minimum atomic E-state index is -0.953. The van der Waals surface area contributed by atoms with E-state index in [1.807, 2.05) is 0 Å². The van der Waals surface area contributed by atoms with Crippen LogP contribution >= 0.6 is 11.6 Å². The molecule has 0 aromatic carbocycles. The number of carboxylic acid groups (broad SMARTS) is 1. The molecule has 0 saturated heterocycles. The summed E-state index contributed by atoms with van der Waals surface area (Å²) in [4.78, 5) is 9.80.